The van der Waals surface area contributed by atoms with E-state index in [1.807, 2.05) is 6.92 Å². The Morgan fingerprint density at radius 1 is 1.20 bits per heavy atom. The minimum atomic E-state index is -4.20. The molecule has 1 atom stereocenters. The second kappa shape index (κ2) is 4.66. The lowest BCUT2D eigenvalue weighted by molar-refractivity contribution is -0.149. The van der Waals surface area contributed by atoms with Crippen molar-refractivity contribution in [3.63, 3.8) is 0 Å². The fraction of sp³-hybridized carbons (Fsp3) is 0.455. The van der Waals surface area contributed by atoms with Crippen molar-refractivity contribution in [1.82, 2.24) is 5.32 Å². The summed E-state index contributed by atoms with van der Waals surface area (Å²) in [6.45, 7) is 1.76. The standard InChI is InChI=1S/C11H14F3N/c1-8-3-5-9(6-4-8)10(7-15-2)11(12,13)14/h3-6,10,15H,7H2,1-2H3. The Labute approximate surface area is 87.3 Å². The Morgan fingerprint density at radius 3 is 2.13 bits per heavy atom. The number of hydrogen-bond acceptors (Lipinski definition) is 1. The normalized spacial score (nSPS) is 13.9. The highest BCUT2D eigenvalue weighted by atomic mass is 19.4. The van der Waals surface area contributed by atoms with Crippen LogP contribution in [0.1, 0.15) is 17.0 Å². The number of aryl methyl sites for hydroxylation is 1. The van der Waals surface area contributed by atoms with E-state index < -0.39 is 12.1 Å². The Balaban J connectivity index is 2.94. The Bertz CT molecular complexity index is 303. The van der Waals surface area contributed by atoms with Crippen LogP contribution in [0.2, 0.25) is 0 Å². The smallest absolute Gasteiger partial charge is 0.319 e. The Morgan fingerprint density at radius 2 is 1.73 bits per heavy atom. The van der Waals surface area contributed by atoms with Crippen molar-refractivity contribution < 1.29 is 13.2 Å². The maximum atomic E-state index is 12.7. The van der Waals surface area contributed by atoms with Crippen molar-refractivity contribution in [3.05, 3.63) is 35.4 Å². The highest BCUT2D eigenvalue weighted by Gasteiger charge is 2.39. The number of likely N-dealkylation sites (N-methyl/N-ethyl adjacent to an activating group) is 1. The van der Waals surface area contributed by atoms with Gasteiger partial charge in [-0.05, 0) is 19.5 Å². The predicted octanol–water partition coefficient (Wildman–Crippen LogP) is 2.86. The SMILES string of the molecule is CNCC(c1ccc(C)cc1)C(F)(F)F. The molecule has 0 amide bonds. The average Bonchev–Trinajstić information content (AvgIpc) is 2.14. The molecule has 1 aromatic carbocycles. The zero-order valence-electron chi connectivity index (χ0n) is 8.73. The van der Waals surface area contributed by atoms with Crippen molar-refractivity contribution in [2.45, 2.75) is 19.0 Å². The van der Waals surface area contributed by atoms with E-state index in [1.54, 1.807) is 12.1 Å². The molecule has 0 aliphatic heterocycles. The molecular weight excluding hydrogens is 203 g/mol. The summed E-state index contributed by atoms with van der Waals surface area (Å²) in [7, 11) is 1.52. The summed E-state index contributed by atoms with van der Waals surface area (Å²) < 4.78 is 38.0. The third-order valence-corrected chi connectivity index (χ3v) is 2.28. The minimum absolute atomic E-state index is 0.0907. The van der Waals surface area contributed by atoms with Gasteiger partial charge in [0, 0.05) is 6.54 Å². The third-order valence-electron chi connectivity index (χ3n) is 2.28. The van der Waals surface area contributed by atoms with E-state index in [-0.39, 0.29) is 6.54 Å². The van der Waals surface area contributed by atoms with Gasteiger partial charge in [-0.2, -0.15) is 13.2 Å². The molecular formula is C11H14F3N. The van der Waals surface area contributed by atoms with Crippen LogP contribution < -0.4 is 5.32 Å². The van der Waals surface area contributed by atoms with E-state index >= 15 is 0 Å². The van der Waals surface area contributed by atoms with E-state index in [2.05, 4.69) is 5.32 Å². The fourth-order valence-electron chi connectivity index (χ4n) is 1.43. The first-order chi connectivity index (χ1) is 6.95. The molecule has 1 N–H and O–H groups in total. The van der Waals surface area contributed by atoms with E-state index in [0.29, 0.717) is 5.56 Å². The first-order valence-electron chi connectivity index (χ1n) is 4.73. The maximum Gasteiger partial charge on any atom is 0.396 e. The zero-order chi connectivity index (χ0) is 11.5. The van der Waals surface area contributed by atoms with Crippen LogP contribution in [0.25, 0.3) is 0 Å². The Kier molecular flexibility index (Phi) is 3.74. The van der Waals surface area contributed by atoms with Gasteiger partial charge < -0.3 is 5.32 Å². The molecule has 0 saturated heterocycles. The second-order valence-electron chi connectivity index (χ2n) is 3.56. The molecule has 1 aromatic rings. The van der Waals surface area contributed by atoms with Gasteiger partial charge in [0.15, 0.2) is 0 Å². The van der Waals surface area contributed by atoms with Gasteiger partial charge in [0.1, 0.15) is 0 Å². The van der Waals surface area contributed by atoms with Gasteiger partial charge in [-0.3, -0.25) is 0 Å². The van der Waals surface area contributed by atoms with Crippen LogP contribution in [0.5, 0.6) is 0 Å². The lowest BCUT2D eigenvalue weighted by atomic mass is 9.97. The summed E-state index contributed by atoms with van der Waals surface area (Å²) in [6.07, 6.45) is -4.20. The first kappa shape index (κ1) is 12.0. The summed E-state index contributed by atoms with van der Waals surface area (Å²) in [5, 5.41) is 2.57. The van der Waals surface area contributed by atoms with Gasteiger partial charge in [-0.15, -0.1) is 0 Å². The molecule has 0 radical (unpaired) electrons. The molecule has 15 heavy (non-hydrogen) atoms. The molecule has 0 aromatic heterocycles. The molecule has 0 spiro atoms. The molecule has 84 valence electrons. The number of halogens is 3. The summed E-state index contributed by atoms with van der Waals surface area (Å²) in [5.41, 5.74) is 1.27. The van der Waals surface area contributed by atoms with Crippen molar-refractivity contribution >= 4 is 0 Å². The van der Waals surface area contributed by atoms with Gasteiger partial charge in [-0.1, -0.05) is 29.8 Å². The maximum absolute atomic E-state index is 12.7. The van der Waals surface area contributed by atoms with Crippen molar-refractivity contribution in [2.75, 3.05) is 13.6 Å². The molecule has 0 saturated carbocycles. The van der Waals surface area contributed by atoms with Crippen molar-refractivity contribution in [3.8, 4) is 0 Å². The lowest BCUT2D eigenvalue weighted by Crippen LogP contribution is -2.29. The number of hydrogen-bond donors (Lipinski definition) is 1. The van der Waals surface area contributed by atoms with Gasteiger partial charge in [0.25, 0.3) is 0 Å². The summed E-state index contributed by atoms with van der Waals surface area (Å²) in [5.74, 6) is -1.43. The average molecular weight is 217 g/mol. The van der Waals surface area contributed by atoms with Crippen LogP contribution >= 0.6 is 0 Å². The molecule has 1 unspecified atom stereocenters. The number of alkyl halides is 3. The Hall–Kier alpha value is -1.03. The lowest BCUT2D eigenvalue weighted by Gasteiger charge is -2.20. The van der Waals surface area contributed by atoms with E-state index in [0.717, 1.165) is 5.56 Å². The predicted molar refractivity (Wildman–Crippen MR) is 53.9 cm³/mol. The largest absolute Gasteiger partial charge is 0.396 e. The quantitative estimate of drug-likeness (QED) is 0.820. The molecule has 0 aliphatic rings. The van der Waals surface area contributed by atoms with E-state index in [9.17, 15) is 13.2 Å². The van der Waals surface area contributed by atoms with E-state index in [4.69, 9.17) is 0 Å². The zero-order valence-corrected chi connectivity index (χ0v) is 8.73. The summed E-state index contributed by atoms with van der Waals surface area (Å²) in [6, 6.07) is 6.46. The van der Waals surface area contributed by atoms with Gasteiger partial charge >= 0.3 is 6.18 Å². The molecule has 0 aliphatic carbocycles. The van der Waals surface area contributed by atoms with Crippen LogP contribution in [0, 0.1) is 6.92 Å². The molecule has 0 fully saturated rings. The fourth-order valence-corrected chi connectivity index (χ4v) is 1.43. The summed E-state index contributed by atoms with van der Waals surface area (Å²) >= 11 is 0. The van der Waals surface area contributed by atoms with Gasteiger partial charge in [0.05, 0.1) is 5.92 Å². The van der Waals surface area contributed by atoms with Crippen molar-refractivity contribution in [2.24, 2.45) is 0 Å². The summed E-state index contributed by atoms with van der Waals surface area (Å²) in [4.78, 5) is 0. The van der Waals surface area contributed by atoms with E-state index in [1.165, 1.54) is 19.2 Å². The molecule has 4 heteroatoms. The van der Waals surface area contributed by atoms with Gasteiger partial charge in [0.2, 0.25) is 0 Å². The van der Waals surface area contributed by atoms with Crippen LogP contribution in [0.15, 0.2) is 24.3 Å². The highest BCUT2D eigenvalue weighted by Crippen LogP contribution is 2.34. The number of rotatable bonds is 3. The van der Waals surface area contributed by atoms with Crippen LogP contribution in [0.3, 0.4) is 0 Å². The van der Waals surface area contributed by atoms with Gasteiger partial charge in [-0.25, -0.2) is 0 Å². The van der Waals surface area contributed by atoms with Crippen LogP contribution in [0.4, 0.5) is 13.2 Å². The second-order valence-corrected chi connectivity index (χ2v) is 3.56. The minimum Gasteiger partial charge on any atom is -0.319 e. The van der Waals surface area contributed by atoms with Crippen LogP contribution in [-0.4, -0.2) is 19.8 Å². The molecule has 0 bridgehead atoms. The molecule has 1 rings (SSSR count). The topological polar surface area (TPSA) is 12.0 Å². The number of nitrogens with one attached hydrogen (secondary N) is 1. The monoisotopic (exact) mass is 217 g/mol. The number of benzene rings is 1. The third kappa shape index (κ3) is 3.23. The molecule has 0 heterocycles. The van der Waals surface area contributed by atoms with Crippen LogP contribution in [-0.2, 0) is 0 Å². The molecule has 1 nitrogen and oxygen atoms in total. The first-order valence-corrected chi connectivity index (χ1v) is 4.73. The van der Waals surface area contributed by atoms with Crippen molar-refractivity contribution in [1.29, 1.82) is 0 Å². The highest BCUT2D eigenvalue weighted by molar-refractivity contribution is 5.25.